The Kier molecular flexibility index (Phi) is 3.04. The van der Waals surface area contributed by atoms with Gasteiger partial charge in [-0.2, -0.15) is 0 Å². The van der Waals surface area contributed by atoms with Crippen LogP contribution >= 0.6 is 11.6 Å². The number of halogens is 1. The summed E-state index contributed by atoms with van der Waals surface area (Å²) in [6.45, 7) is 7.38. The number of nitrogens with one attached hydrogen (secondary N) is 1. The second-order valence-electron chi connectivity index (χ2n) is 4.90. The number of hydrogen-bond acceptors (Lipinski definition) is 2. The van der Waals surface area contributed by atoms with Crippen molar-refractivity contribution in [3.63, 3.8) is 0 Å². The molecule has 1 heterocycles. The first kappa shape index (κ1) is 12.2. The molecule has 1 aromatic carbocycles. The minimum absolute atomic E-state index is 0.0584. The second-order valence-corrected chi connectivity index (χ2v) is 5.33. The number of anilines is 1. The monoisotopic (exact) mass is 252 g/mol. The van der Waals surface area contributed by atoms with Crippen molar-refractivity contribution < 1.29 is 4.79 Å². The second kappa shape index (κ2) is 4.22. The number of carbonyl (C=O) groups excluding carboxylic acids is 1. The zero-order valence-corrected chi connectivity index (χ0v) is 11.1. The molecule has 0 bridgehead atoms. The van der Waals surface area contributed by atoms with E-state index in [1.54, 1.807) is 0 Å². The molecule has 4 heteroatoms. The largest absolute Gasteiger partial charge is 0.355 e. The van der Waals surface area contributed by atoms with Gasteiger partial charge in [0.15, 0.2) is 0 Å². The summed E-state index contributed by atoms with van der Waals surface area (Å²) in [5.41, 5.74) is 1.64. The Morgan fingerprint density at radius 2 is 2.12 bits per heavy atom. The Hall–Kier alpha value is -1.22. The molecule has 0 spiro atoms. The molecule has 0 aliphatic carbocycles. The van der Waals surface area contributed by atoms with E-state index in [2.05, 4.69) is 10.2 Å². The smallest absolute Gasteiger partial charge is 0.245 e. The third kappa shape index (κ3) is 2.12. The van der Waals surface area contributed by atoms with E-state index < -0.39 is 5.54 Å². The van der Waals surface area contributed by atoms with E-state index in [1.807, 2.05) is 39.0 Å². The summed E-state index contributed by atoms with van der Waals surface area (Å²) in [4.78, 5) is 14.0. The number of amides is 1. The molecule has 0 saturated carbocycles. The molecule has 1 fully saturated rings. The highest BCUT2D eigenvalue weighted by Gasteiger charge is 2.38. The van der Waals surface area contributed by atoms with Crippen LogP contribution in [0.5, 0.6) is 0 Å². The Balaban J connectivity index is 2.44. The molecule has 92 valence electrons. The molecular weight excluding hydrogens is 236 g/mol. The number of nitrogens with zero attached hydrogens (tertiary/aromatic N) is 1. The number of hydrogen-bond donors (Lipinski definition) is 1. The normalized spacial score (nSPS) is 19.1. The number of rotatable bonds is 1. The average molecular weight is 253 g/mol. The van der Waals surface area contributed by atoms with Gasteiger partial charge in [0.25, 0.3) is 0 Å². The van der Waals surface area contributed by atoms with Crippen LogP contribution in [0.1, 0.15) is 19.4 Å². The number of benzene rings is 1. The fourth-order valence-electron chi connectivity index (χ4n) is 2.19. The SMILES string of the molecule is Cc1ccc(Cl)cc1N1CCNC(=O)C1(C)C. The minimum atomic E-state index is -0.534. The van der Waals surface area contributed by atoms with Crippen LogP contribution in [0.25, 0.3) is 0 Å². The van der Waals surface area contributed by atoms with Gasteiger partial charge in [-0.25, -0.2) is 0 Å². The van der Waals surface area contributed by atoms with Crippen molar-refractivity contribution >= 4 is 23.2 Å². The third-order valence-electron chi connectivity index (χ3n) is 3.31. The highest BCUT2D eigenvalue weighted by atomic mass is 35.5. The van der Waals surface area contributed by atoms with Crippen molar-refractivity contribution in [2.75, 3.05) is 18.0 Å². The van der Waals surface area contributed by atoms with Crippen LogP contribution in [0.3, 0.4) is 0 Å². The maximum atomic E-state index is 11.9. The maximum Gasteiger partial charge on any atom is 0.245 e. The Bertz CT molecular complexity index is 457. The zero-order valence-electron chi connectivity index (χ0n) is 10.4. The Labute approximate surface area is 107 Å². The van der Waals surface area contributed by atoms with Gasteiger partial charge in [-0.05, 0) is 38.5 Å². The number of aryl methyl sites for hydroxylation is 1. The lowest BCUT2D eigenvalue weighted by Crippen LogP contribution is -2.62. The summed E-state index contributed by atoms with van der Waals surface area (Å²) in [5.74, 6) is 0.0584. The van der Waals surface area contributed by atoms with Gasteiger partial charge in [-0.3, -0.25) is 4.79 Å². The van der Waals surface area contributed by atoms with Crippen LogP contribution < -0.4 is 10.2 Å². The van der Waals surface area contributed by atoms with E-state index in [9.17, 15) is 4.79 Å². The summed E-state index contributed by atoms with van der Waals surface area (Å²) in [5, 5.41) is 3.59. The molecule has 1 aromatic rings. The zero-order chi connectivity index (χ0) is 12.6. The van der Waals surface area contributed by atoms with Crippen molar-refractivity contribution in [2.24, 2.45) is 0 Å². The van der Waals surface area contributed by atoms with E-state index >= 15 is 0 Å². The highest BCUT2D eigenvalue weighted by molar-refractivity contribution is 6.30. The Morgan fingerprint density at radius 3 is 2.82 bits per heavy atom. The molecule has 3 nitrogen and oxygen atoms in total. The average Bonchev–Trinajstić information content (AvgIpc) is 2.26. The van der Waals surface area contributed by atoms with Gasteiger partial charge in [-0.1, -0.05) is 17.7 Å². The van der Waals surface area contributed by atoms with E-state index in [0.717, 1.165) is 17.8 Å². The topological polar surface area (TPSA) is 32.3 Å². The Morgan fingerprint density at radius 1 is 1.41 bits per heavy atom. The minimum Gasteiger partial charge on any atom is -0.355 e. The van der Waals surface area contributed by atoms with Crippen LogP contribution in [0.4, 0.5) is 5.69 Å². The molecule has 1 N–H and O–H groups in total. The maximum absolute atomic E-state index is 11.9. The van der Waals surface area contributed by atoms with Crippen molar-refractivity contribution in [1.82, 2.24) is 5.32 Å². The van der Waals surface area contributed by atoms with Gasteiger partial charge in [0.05, 0.1) is 0 Å². The first-order valence-corrected chi connectivity index (χ1v) is 6.13. The number of piperazine rings is 1. The van der Waals surface area contributed by atoms with Crippen LogP contribution in [-0.4, -0.2) is 24.5 Å². The van der Waals surface area contributed by atoms with Gasteiger partial charge in [0.2, 0.25) is 5.91 Å². The molecule has 0 atom stereocenters. The van der Waals surface area contributed by atoms with E-state index in [1.165, 1.54) is 0 Å². The van der Waals surface area contributed by atoms with Crippen LogP contribution in [0.15, 0.2) is 18.2 Å². The van der Waals surface area contributed by atoms with Gasteiger partial charge in [-0.15, -0.1) is 0 Å². The highest BCUT2D eigenvalue weighted by Crippen LogP contribution is 2.31. The summed E-state index contributed by atoms with van der Waals surface area (Å²) in [6.07, 6.45) is 0. The quantitative estimate of drug-likeness (QED) is 0.832. The summed E-state index contributed by atoms with van der Waals surface area (Å²) < 4.78 is 0. The standard InChI is InChI=1S/C13H17ClN2O/c1-9-4-5-10(14)8-11(9)16-7-6-15-12(17)13(16,2)3/h4-5,8H,6-7H2,1-3H3,(H,15,17). The van der Waals surface area contributed by atoms with Crippen molar-refractivity contribution in [3.05, 3.63) is 28.8 Å². The fourth-order valence-corrected chi connectivity index (χ4v) is 2.36. The van der Waals surface area contributed by atoms with Gasteiger partial charge in [0, 0.05) is 23.8 Å². The summed E-state index contributed by atoms with van der Waals surface area (Å²) in [6, 6.07) is 5.79. The van der Waals surface area contributed by atoms with Crippen LogP contribution in [-0.2, 0) is 4.79 Å². The number of carbonyl (C=O) groups is 1. The molecule has 1 amide bonds. The van der Waals surface area contributed by atoms with E-state index in [4.69, 9.17) is 11.6 Å². The fraction of sp³-hybridized carbons (Fsp3) is 0.462. The lowest BCUT2D eigenvalue weighted by atomic mass is 9.97. The molecule has 1 aliphatic heterocycles. The first-order valence-electron chi connectivity index (χ1n) is 5.75. The molecular formula is C13H17ClN2O. The van der Waals surface area contributed by atoms with Gasteiger partial charge in [0.1, 0.15) is 5.54 Å². The van der Waals surface area contributed by atoms with E-state index in [0.29, 0.717) is 11.6 Å². The molecule has 17 heavy (non-hydrogen) atoms. The lowest BCUT2D eigenvalue weighted by Gasteiger charge is -2.43. The summed E-state index contributed by atoms with van der Waals surface area (Å²) >= 11 is 6.04. The molecule has 1 saturated heterocycles. The van der Waals surface area contributed by atoms with Crippen LogP contribution in [0.2, 0.25) is 5.02 Å². The van der Waals surface area contributed by atoms with Crippen molar-refractivity contribution in [3.8, 4) is 0 Å². The molecule has 0 unspecified atom stereocenters. The predicted molar refractivity (Wildman–Crippen MR) is 70.6 cm³/mol. The third-order valence-corrected chi connectivity index (χ3v) is 3.55. The van der Waals surface area contributed by atoms with Crippen LogP contribution in [0, 0.1) is 6.92 Å². The lowest BCUT2D eigenvalue weighted by molar-refractivity contribution is -0.126. The van der Waals surface area contributed by atoms with Gasteiger partial charge >= 0.3 is 0 Å². The van der Waals surface area contributed by atoms with Crippen molar-refractivity contribution in [2.45, 2.75) is 26.3 Å². The molecule has 0 aromatic heterocycles. The molecule has 0 radical (unpaired) electrons. The predicted octanol–water partition coefficient (Wildman–Crippen LogP) is 2.36. The van der Waals surface area contributed by atoms with Crippen molar-refractivity contribution in [1.29, 1.82) is 0 Å². The van der Waals surface area contributed by atoms with Gasteiger partial charge < -0.3 is 10.2 Å². The first-order chi connectivity index (χ1) is 7.93. The molecule has 1 aliphatic rings. The van der Waals surface area contributed by atoms with E-state index in [-0.39, 0.29) is 5.91 Å². The molecule has 2 rings (SSSR count). The summed E-state index contributed by atoms with van der Waals surface area (Å²) in [7, 11) is 0.